The van der Waals surface area contributed by atoms with Gasteiger partial charge in [0, 0.05) is 43.4 Å². The Bertz CT molecular complexity index is 1210. The minimum atomic E-state index is -0.106. The van der Waals surface area contributed by atoms with Gasteiger partial charge >= 0.3 is 0 Å². The van der Waals surface area contributed by atoms with Crippen LogP contribution in [0.5, 0.6) is 5.75 Å². The van der Waals surface area contributed by atoms with E-state index in [2.05, 4.69) is 10.3 Å². The van der Waals surface area contributed by atoms with Crippen LogP contribution in [0.25, 0.3) is 16.8 Å². The van der Waals surface area contributed by atoms with Gasteiger partial charge < -0.3 is 15.0 Å². The van der Waals surface area contributed by atoms with Crippen LogP contribution in [0.4, 0.5) is 5.82 Å². The molecule has 0 saturated carbocycles. The third-order valence-electron chi connectivity index (χ3n) is 5.50. The van der Waals surface area contributed by atoms with Gasteiger partial charge in [-0.2, -0.15) is 0 Å². The highest BCUT2D eigenvalue weighted by Crippen LogP contribution is 2.29. The van der Waals surface area contributed by atoms with Gasteiger partial charge in [0.05, 0.1) is 13.7 Å². The maximum Gasteiger partial charge on any atom is 0.246 e. The van der Waals surface area contributed by atoms with E-state index < -0.39 is 0 Å². The molecule has 172 valence electrons. The number of hydrogen-bond donors (Lipinski definition) is 1. The first-order valence-electron chi connectivity index (χ1n) is 10.4. The molecule has 0 unspecified atom stereocenters. The van der Waals surface area contributed by atoms with Crippen molar-refractivity contribution >= 4 is 46.9 Å². The van der Waals surface area contributed by atoms with E-state index >= 15 is 0 Å². The summed E-state index contributed by atoms with van der Waals surface area (Å²) in [6, 6.07) is 13.9. The van der Waals surface area contributed by atoms with Gasteiger partial charge in [-0.1, -0.05) is 30.3 Å². The van der Waals surface area contributed by atoms with Crippen LogP contribution in [0, 0.1) is 0 Å². The third kappa shape index (κ3) is 5.50. The van der Waals surface area contributed by atoms with Gasteiger partial charge in [-0.3, -0.25) is 14.5 Å². The van der Waals surface area contributed by atoms with Gasteiger partial charge in [-0.25, -0.2) is 4.98 Å². The number of halogens is 1. The van der Waals surface area contributed by atoms with E-state index in [4.69, 9.17) is 4.74 Å². The Hall–Kier alpha value is -3.42. The summed E-state index contributed by atoms with van der Waals surface area (Å²) in [6.07, 6.45) is 4.96. The molecule has 2 aromatic carbocycles. The second-order valence-corrected chi connectivity index (χ2v) is 8.00. The topological polar surface area (TPSA) is 74.8 Å². The van der Waals surface area contributed by atoms with Crippen molar-refractivity contribution < 1.29 is 14.3 Å². The number of ether oxygens (including phenoxy) is 1. The molecule has 0 bridgehead atoms. The molecule has 0 saturated heterocycles. The highest BCUT2D eigenvalue weighted by atomic mass is 35.5. The van der Waals surface area contributed by atoms with Crippen molar-refractivity contribution in [3.8, 4) is 5.75 Å². The molecule has 1 aliphatic heterocycles. The molecule has 7 nitrogen and oxygen atoms in total. The number of hydrogen-bond acceptors (Lipinski definition) is 5. The van der Waals surface area contributed by atoms with Crippen molar-refractivity contribution in [1.82, 2.24) is 14.8 Å². The van der Waals surface area contributed by atoms with Crippen LogP contribution in [0.3, 0.4) is 0 Å². The normalized spacial score (nSPS) is 13.7. The summed E-state index contributed by atoms with van der Waals surface area (Å²) in [6.45, 7) is 1.42. The summed E-state index contributed by atoms with van der Waals surface area (Å²) in [4.78, 5) is 32.5. The molecule has 33 heavy (non-hydrogen) atoms. The number of aromatic nitrogens is 1. The molecule has 3 aromatic rings. The summed E-state index contributed by atoms with van der Waals surface area (Å²) >= 11 is 0. The standard InChI is InChI=1S/C25H26N4O3.ClH/c1-28-14-19-12-17(13-26-25(19)27-23(30)16-28)8-11-24(31)29(2)15-18-9-10-22(32-3)21-7-5-4-6-20(18)21;/h4-13H,14-16H2,1-3H3,(H,26,27,30);1H/b11-8+;. The minimum Gasteiger partial charge on any atom is -0.496 e. The number of methoxy groups -OCH3 is 1. The highest BCUT2D eigenvalue weighted by molar-refractivity contribution is 5.94. The molecular formula is C25H27ClN4O3. The number of benzene rings is 2. The van der Waals surface area contributed by atoms with Crippen LogP contribution in [-0.2, 0) is 22.7 Å². The Balaban J connectivity index is 0.00000306. The minimum absolute atomic E-state index is 0. The predicted molar refractivity (Wildman–Crippen MR) is 132 cm³/mol. The average Bonchev–Trinajstić information content (AvgIpc) is 2.93. The number of fused-ring (bicyclic) bond motifs is 2. The maximum atomic E-state index is 12.7. The first-order valence-corrected chi connectivity index (χ1v) is 10.4. The van der Waals surface area contributed by atoms with Crippen LogP contribution in [0.15, 0.2) is 54.7 Å². The van der Waals surface area contributed by atoms with Gasteiger partial charge in [0.1, 0.15) is 11.6 Å². The van der Waals surface area contributed by atoms with Gasteiger partial charge in [-0.05, 0) is 41.8 Å². The zero-order chi connectivity index (χ0) is 22.7. The first-order chi connectivity index (χ1) is 15.4. The Morgan fingerprint density at radius 1 is 1.21 bits per heavy atom. The lowest BCUT2D eigenvalue weighted by Crippen LogP contribution is -2.26. The summed E-state index contributed by atoms with van der Waals surface area (Å²) < 4.78 is 5.46. The van der Waals surface area contributed by atoms with Gasteiger partial charge in [0.25, 0.3) is 0 Å². The fraction of sp³-hybridized carbons (Fsp3) is 0.240. The molecule has 1 aliphatic rings. The molecule has 0 atom stereocenters. The Kier molecular flexibility index (Phi) is 7.68. The lowest BCUT2D eigenvalue weighted by atomic mass is 10.0. The number of carbonyl (C=O) groups excluding carboxylic acids is 2. The Morgan fingerprint density at radius 2 is 1.97 bits per heavy atom. The molecule has 8 heteroatoms. The van der Waals surface area contributed by atoms with Gasteiger partial charge in [0.2, 0.25) is 11.8 Å². The number of pyridine rings is 1. The van der Waals surface area contributed by atoms with Crippen LogP contribution in [-0.4, -0.2) is 54.3 Å². The highest BCUT2D eigenvalue weighted by Gasteiger charge is 2.17. The van der Waals surface area contributed by atoms with Gasteiger partial charge in [0.15, 0.2) is 0 Å². The predicted octanol–water partition coefficient (Wildman–Crippen LogP) is 3.72. The van der Waals surface area contributed by atoms with E-state index in [1.807, 2.05) is 54.4 Å². The Morgan fingerprint density at radius 3 is 2.73 bits per heavy atom. The van der Waals surface area contributed by atoms with Crippen LogP contribution < -0.4 is 10.1 Å². The molecule has 4 rings (SSSR count). The third-order valence-corrected chi connectivity index (χ3v) is 5.50. The number of rotatable bonds is 5. The molecule has 0 spiro atoms. The lowest BCUT2D eigenvalue weighted by molar-refractivity contribution is -0.125. The molecule has 2 heterocycles. The number of likely N-dealkylation sites (N-methyl/N-ethyl adjacent to an activating group) is 2. The average molecular weight is 467 g/mol. The second-order valence-electron chi connectivity index (χ2n) is 8.00. The Labute approximate surface area is 199 Å². The summed E-state index contributed by atoms with van der Waals surface area (Å²) in [5, 5.41) is 4.90. The largest absolute Gasteiger partial charge is 0.496 e. The van der Waals surface area contributed by atoms with Crippen LogP contribution in [0.1, 0.15) is 16.7 Å². The SMILES string of the molecule is COc1ccc(CN(C)C(=O)/C=C/c2cnc3c(c2)CN(C)CC(=O)N3)c2ccccc12.Cl. The zero-order valence-electron chi connectivity index (χ0n) is 18.9. The monoisotopic (exact) mass is 466 g/mol. The molecule has 1 N–H and O–H groups in total. The fourth-order valence-corrected chi connectivity index (χ4v) is 3.89. The van der Waals surface area contributed by atoms with E-state index in [0.29, 0.717) is 25.5 Å². The number of anilines is 1. The van der Waals surface area contributed by atoms with Crippen molar-refractivity contribution in [3.05, 3.63) is 71.4 Å². The molecule has 2 amide bonds. The van der Waals surface area contributed by atoms with Crippen molar-refractivity contribution in [1.29, 1.82) is 0 Å². The second kappa shape index (κ2) is 10.5. The first kappa shape index (κ1) is 24.2. The van der Waals surface area contributed by atoms with E-state index in [-0.39, 0.29) is 24.2 Å². The van der Waals surface area contributed by atoms with Crippen LogP contribution in [0.2, 0.25) is 0 Å². The van der Waals surface area contributed by atoms with Crippen molar-refractivity contribution in [3.63, 3.8) is 0 Å². The summed E-state index contributed by atoms with van der Waals surface area (Å²) in [5.41, 5.74) is 2.78. The van der Waals surface area contributed by atoms with Crippen molar-refractivity contribution in [2.75, 3.05) is 33.1 Å². The van der Waals surface area contributed by atoms with Gasteiger partial charge in [-0.15, -0.1) is 12.4 Å². The molecule has 0 radical (unpaired) electrons. The smallest absolute Gasteiger partial charge is 0.246 e. The number of amides is 2. The van der Waals surface area contributed by atoms with E-state index in [9.17, 15) is 9.59 Å². The van der Waals surface area contributed by atoms with Crippen molar-refractivity contribution in [2.24, 2.45) is 0 Å². The van der Waals surface area contributed by atoms with Crippen molar-refractivity contribution in [2.45, 2.75) is 13.1 Å². The fourth-order valence-electron chi connectivity index (χ4n) is 3.89. The lowest BCUT2D eigenvalue weighted by Gasteiger charge is -2.18. The quantitative estimate of drug-likeness (QED) is 0.580. The number of nitrogens with zero attached hydrogens (tertiary/aromatic N) is 3. The number of carbonyl (C=O) groups is 2. The van der Waals surface area contributed by atoms with E-state index in [0.717, 1.165) is 33.2 Å². The number of nitrogens with one attached hydrogen (secondary N) is 1. The maximum absolute atomic E-state index is 12.7. The van der Waals surface area contributed by atoms with E-state index in [1.165, 1.54) is 0 Å². The molecular weight excluding hydrogens is 440 g/mol. The summed E-state index contributed by atoms with van der Waals surface area (Å²) in [7, 11) is 5.33. The zero-order valence-corrected chi connectivity index (χ0v) is 19.7. The van der Waals surface area contributed by atoms with E-state index in [1.54, 1.807) is 37.4 Å². The summed E-state index contributed by atoms with van der Waals surface area (Å²) in [5.74, 6) is 1.21. The van der Waals surface area contributed by atoms with Crippen LogP contribution >= 0.6 is 12.4 Å². The molecule has 0 aliphatic carbocycles. The molecule has 0 fully saturated rings. The molecule has 1 aromatic heterocycles.